The quantitative estimate of drug-likeness (QED) is 0.326. The summed E-state index contributed by atoms with van der Waals surface area (Å²) in [5.41, 5.74) is 0.898. The van der Waals surface area contributed by atoms with Crippen LogP contribution in [0, 0.1) is 0 Å². The molecule has 0 bridgehead atoms. The van der Waals surface area contributed by atoms with Crippen LogP contribution in [0.2, 0.25) is 0 Å². The number of nitrogens with zero attached hydrogens (tertiary/aromatic N) is 1. The predicted molar refractivity (Wildman–Crippen MR) is 138 cm³/mol. The van der Waals surface area contributed by atoms with Crippen LogP contribution in [-0.4, -0.2) is 69.0 Å². The van der Waals surface area contributed by atoms with Crippen molar-refractivity contribution in [3.63, 3.8) is 0 Å². The molecular formula is C27H27NO8S. The predicted octanol–water partition coefficient (Wildman–Crippen LogP) is 2.64. The van der Waals surface area contributed by atoms with E-state index < -0.39 is 34.7 Å². The molecule has 4 aromatic carbocycles. The lowest BCUT2D eigenvalue weighted by atomic mass is 10.1. The van der Waals surface area contributed by atoms with E-state index in [1.165, 1.54) is 6.07 Å². The molecule has 37 heavy (non-hydrogen) atoms. The van der Waals surface area contributed by atoms with Gasteiger partial charge in [0.1, 0.15) is 34.7 Å². The highest BCUT2D eigenvalue weighted by atomic mass is 32.2. The molecule has 0 spiro atoms. The lowest BCUT2D eigenvalue weighted by Gasteiger charge is -2.34. The van der Waals surface area contributed by atoms with Gasteiger partial charge in [0.25, 0.3) is 0 Å². The Balaban J connectivity index is 1.39. The average Bonchev–Trinajstić information content (AvgIpc) is 2.88. The van der Waals surface area contributed by atoms with Gasteiger partial charge in [0.05, 0.1) is 6.61 Å². The highest BCUT2D eigenvalue weighted by Gasteiger charge is 2.39. The molecule has 1 fully saturated rings. The summed E-state index contributed by atoms with van der Waals surface area (Å²) in [5.74, 6) is 0.527. The van der Waals surface area contributed by atoms with E-state index in [1.54, 1.807) is 48.5 Å². The van der Waals surface area contributed by atoms with Crippen molar-refractivity contribution in [3.8, 4) is 11.5 Å². The largest absolute Gasteiger partial charge is 0.462 e. The van der Waals surface area contributed by atoms with Gasteiger partial charge < -0.3 is 33.9 Å². The van der Waals surface area contributed by atoms with E-state index in [4.69, 9.17) is 13.7 Å². The molecule has 5 rings (SSSR count). The van der Waals surface area contributed by atoms with Crippen LogP contribution in [0.5, 0.6) is 11.5 Å². The Morgan fingerprint density at radius 2 is 1.49 bits per heavy atom. The molecule has 9 nitrogen and oxygen atoms in total. The van der Waals surface area contributed by atoms with Gasteiger partial charge in [-0.05, 0) is 47.2 Å². The van der Waals surface area contributed by atoms with Crippen LogP contribution in [0.25, 0.3) is 21.5 Å². The summed E-state index contributed by atoms with van der Waals surface area (Å²) in [5, 5.41) is 32.3. The molecule has 0 unspecified atom stereocenters. The van der Waals surface area contributed by atoms with Gasteiger partial charge in [-0.2, -0.15) is 8.42 Å². The molecule has 0 aromatic heterocycles. The maximum atomic E-state index is 13.3. The Morgan fingerprint density at radius 3 is 2.22 bits per heavy atom. The summed E-state index contributed by atoms with van der Waals surface area (Å²) in [6, 6.07) is 20.5. The number of fused-ring (bicyclic) bond motifs is 2. The minimum absolute atomic E-state index is 0.0795. The van der Waals surface area contributed by atoms with Crippen molar-refractivity contribution in [1.82, 2.24) is 0 Å². The summed E-state index contributed by atoms with van der Waals surface area (Å²) in [4.78, 5) is 2.00. The lowest BCUT2D eigenvalue weighted by molar-refractivity contribution is -0.242. The van der Waals surface area contributed by atoms with Crippen molar-refractivity contribution in [1.29, 1.82) is 0 Å². The Morgan fingerprint density at radius 1 is 0.838 bits per heavy atom. The molecular weight excluding hydrogens is 498 g/mol. The van der Waals surface area contributed by atoms with Gasteiger partial charge in [0, 0.05) is 30.6 Å². The molecule has 0 radical (unpaired) electrons. The topological polar surface area (TPSA) is 126 Å². The third kappa shape index (κ3) is 4.94. The Kier molecular flexibility index (Phi) is 6.69. The van der Waals surface area contributed by atoms with E-state index >= 15 is 0 Å². The van der Waals surface area contributed by atoms with Gasteiger partial charge in [-0.1, -0.05) is 36.4 Å². The van der Waals surface area contributed by atoms with Gasteiger partial charge in [-0.25, -0.2) is 0 Å². The summed E-state index contributed by atoms with van der Waals surface area (Å²) >= 11 is 0. The van der Waals surface area contributed by atoms with Gasteiger partial charge in [0.15, 0.2) is 0 Å². The Bertz CT molecular complexity index is 1560. The molecule has 1 aliphatic heterocycles. The maximum absolute atomic E-state index is 13.3. The van der Waals surface area contributed by atoms with Crippen molar-refractivity contribution < 1.29 is 37.4 Å². The SMILES string of the molecule is CN(C)c1cccc2c(S(=O)(=O)Oc3ccc4cc(O[C@@H]5OC[C@@H](O)[C@H](O)[C@H]5O)ccc4c3)cccc12. The Hall–Kier alpha value is -3.41. The van der Waals surface area contributed by atoms with Crippen LogP contribution in [0.15, 0.2) is 77.7 Å². The molecule has 4 aromatic rings. The first-order chi connectivity index (χ1) is 17.6. The number of hydrogen-bond donors (Lipinski definition) is 3. The molecule has 194 valence electrons. The van der Waals surface area contributed by atoms with Gasteiger partial charge >= 0.3 is 10.1 Å². The Labute approximate surface area is 214 Å². The third-order valence-electron chi connectivity index (χ3n) is 6.31. The molecule has 1 saturated heterocycles. The fourth-order valence-corrected chi connectivity index (χ4v) is 5.53. The van der Waals surface area contributed by atoms with E-state index in [9.17, 15) is 23.7 Å². The van der Waals surface area contributed by atoms with E-state index in [0.29, 0.717) is 16.5 Å². The zero-order valence-corrected chi connectivity index (χ0v) is 21.0. The monoisotopic (exact) mass is 525 g/mol. The standard InChI is InChI=1S/C27H27NO8S/c1-28(2)22-7-3-6-21-20(22)5-4-8-24(21)37(32,33)36-19-12-10-16-13-18(11-9-17(16)14-19)35-27-26(31)25(30)23(29)15-34-27/h3-14,23,25-27,29-31H,15H2,1-2H3/t23-,25+,26-,27+/m1/s1. The lowest BCUT2D eigenvalue weighted by Crippen LogP contribution is -2.54. The first kappa shape index (κ1) is 25.2. The van der Waals surface area contributed by atoms with E-state index in [-0.39, 0.29) is 17.3 Å². The molecule has 10 heteroatoms. The minimum atomic E-state index is -4.13. The molecule has 1 aliphatic rings. The van der Waals surface area contributed by atoms with Crippen LogP contribution < -0.4 is 13.8 Å². The second kappa shape index (κ2) is 9.81. The maximum Gasteiger partial charge on any atom is 0.339 e. The molecule has 0 amide bonds. The number of aliphatic hydroxyl groups is 3. The first-order valence-electron chi connectivity index (χ1n) is 11.6. The highest BCUT2D eigenvalue weighted by Crippen LogP contribution is 2.33. The van der Waals surface area contributed by atoms with Gasteiger partial charge in [0.2, 0.25) is 6.29 Å². The summed E-state index contributed by atoms with van der Waals surface area (Å²) < 4.78 is 43.0. The van der Waals surface area contributed by atoms with Gasteiger partial charge in [-0.15, -0.1) is 0 Å². The van der Waals surface area contributed by atoms with Crippen LogP contribution in [0.1, 0.15) is 0 Å². The molecule has 3 N–H and O–H groups in total. The van der Waals surface area contributed by atoms with Crippen molar-refractivity contribution in [2.24, 2.45) is 0 Å². The van der Waals surface area contributed by atoms with E-state index in [0.717, 1.165) is 16.5 Å². The summed E-state index contributed by atoms with van der Waals surface area (Å²) in [6.07, 6.45) is -5.12. The van der Waals surface area contributed by atoms with Crippen LogP contribution >= 0.6 is 0 Å². The number of rotatable bonds is 6. The highest BCUT2D eigenvalue weighted by molar-refractivity contribution is 7.87. The second-order valence-corrected chi connectivity index (χ2v) is 10.6. The van der Waals surface area contributed by atoms with Crippen molar-refractivity contribution in [2.45, 2.75) is 29.5 Å². The van der Waals surface area contributed by atoms with Crippen LogP contribution in [-0.2, 0) is 14.9 Å². The molecule has 0 aliphatic carbocycles. The second-order valence-electron chi connectivity index (χ2n) is 9.10. The zero-order valence-electron chi connectivity index (χ0n) is 20.2. The zero-order chi connectivity index (χ0) is 26.3. The van der Waals surface area contributed by atoms with Crippen molar-refractivity contribution in [2.75, 3.05) is 25.6 Å². The number of anilines is 1. The number of hydrogen-bond acceptors (Lipinski definition) is 9. The third-order valence-corrected chi connectivity index (χ3v) is 7.61. The van der Waals surface area contributed by atoms with Gasteiger partial charge in [-0.3, -0.25) is 0 Å². The fraction of sp³-hybridized carbons (Fsp3) is 0.259. The average molecular weight is 526 g/mol. The van der Waals surface area contributed by atoms with Crippen LogP contribution in [0.4, 0.5) is 5.69 Å². The first-order valence-corrected chi connectivity index (χ1v) is 13.0. The summed E-state index contributed by atoms with van der Waals surface area (Å²) in [6.45, 7) is -0.168. The molecule has 0 saturated carbocycles. The van der Waals surface area contributed by atoms with E-state index in [2.05, 4.69) is 0 Å². The summed E-state index contributed by atoms with van der Waals surface area (Å²) in [7, 11) is -0.328. The normalized spacial score (nSPS) is 22.2. The minimum Gasteiger partial charge on any atom is -0.462 e. The van der Waals surface area contributed by atoms with Crippen molar-refractivity contribution >= 4 is 37.4 Å². The fourth-order valence-electron chi connectivity index (χ4n) is 4.39. The molecule has 4 atom stereocenters. The van der Waals surface area contributed by atoms with E-state index in [1.807, 2.05) is 37.2 Å². The number of aliphatic hydroxyl groups excluding tert-OH is 3. The molecule has 1 heterocycles. The van der Waals surface area contributed by atoms with Crippen molar-refractivity contribution in [3.05, 3.63) is 72.8 Å². The smallest absolute Gasteiger partial charge is 0.339 e. The number of ether oxygens (including phenoxy) is 2. The van der Waals surface area contributed by atoms with Crippen LogP contribution in [0.3, 0.4) is 0 Å². The number of benzene rings is 4.